The summed E-state index contributed by atoms with van der Waals surface area (Å²) in [5.41, 5.74) is 1.44. The molecule has 1 aromatic heterocycles. The van der Waals surface area contributed by atoms with E-state index in [0.717, 1.165) is 31.2 Å². The summed E-state index contributed by atoms with van der Waals surface area (Å²) in [6.07, 6.45) is 4.55. The number of carbonyl (C=O) groups is 1. The average molecular weight is 376 g/mol. The highest BCUT2D eigenvalue weighted by Gasteiger charge is 2.19. The van der Waals surface area contributed by atoms with Crippen LogP contribution in [-0.2, 0) is 0 Å². The molecule has 0 unspecified atom stereocenters. The summed E-state index contributed by atoms with van der Waals surface area (Å²) in [6, 6.07) is 6.94. The number of para-hydroxylation sites is 1. The zero-order valence-electron chi connectivity index (χ0n) is 14.5. The van der Waals surface area contributed by atoms with Gasteiger partial charge in [-0.3, -0.25) is 5.32 Å². The number of nitrogens with zero attached hydrogens (tertiary/aromatic N) is 2. The molecule has 1 aliphatic carbocycles. The predicted octanol–water partition coefficient (Wildman–Crippen LogP) is 3.80. The lowest BCUT2D eigenvalue weighted by atomic mass is 9.93. The maximum atomic E-state index is 12.2. The number of hydrogen-bond donors (Lipinski definition) is 4. The number of urea groups is 1. The van der Waals surface area contributed by atoms with Crippen molar-refractivity contribution in [1.82, 2.24) is 9.97 Å². The highest BCUT2D eigenvalue weighted by atomic mass is 35.5. The van der Waals surface area contributed by atoms with Crippen molar-refractivity contribution < 1.29 is 9.90 Å². The van der Waals surface area contributed by atoms with Gasteiger partial charge in [0.2, 0.25) is 0 Å². The van der Waals surface area contributed by atoms with Crippen molar-refractivity contribution in [3.8, 4) is 0 Å². The van der Waals surface area contributed by atoms with Crippen LogP contribution in [0.2, 0.25) is 5.02 Å². The van der Waals surface area contributed by atoms with Gasteiger partial charge in [-0.2, -0.15) is 0 Å². The van der Waals surface area contributed by atoms with Crippen LogP contribution in [0.5, 0.6) is 0 Å². The number of aliphatic hydroxyl groups is 1. The molecule has 0 radical (unpaired) electrons. The Labute approximate surface area is 157 Å². The summed E-state index contributed by atoms with van der Waals surface area (Å²) in [5.74, 6) is 1.03. The van der Waals surface area contributed by atoms with Gasteiger partial charge < -0.3 is 15.7 Å². The molecule has 7 nitrogen and oxygen atoms in total. The van der Waals surface area contributed by atoms with Gasteiger partial charge in [-0.1, -0.05) is 23.7 Å². The first-order valence-electron chi connectivity index (χ1n) is 8.61. The van der Waals surface area contributed by atoms with Crippen LogP contribution in [0, 0.1) is 6.92 Å². The van der Waals surface area contributed by atoms with Crippen molar-refractivity contribution in [2.24, 2.45) is 0 Å². The van der Waals surface area contributed by atoms with E-state index in [1.54, 1.807) is 12.1 Å². The molecule has 0 atom stereocenters. The van der Waals surface area contributed by atoms with Crippen molar-refractivity contribution in [2.75, 3.05) is 16.0 Å². The van der Waals surface area contributed by atoms with Gasteiger partial charge in [0.05, 0.1) is 16.8 Å². The molecule has 1 fully saturated rings. The molecule has 0 spiro atoms. The Morgan fingerprint density at radius 2 is 1.88 bits per heavy atom. The van der Waals surface area contributed by atoms with Crippen LogP contribution < -0.4 is 16.0 Å². The van der Waals surface area contributed by atoms with Gasteiger partial charge in [-0.25, -0.2) is 14.8 Å². The standard InChI is InChI=1S/C18H22ClN5O2/c1-11-3-2-4-14(19)17(11)24-18(26)23-16-9-15(20-10-21-16)22-12-5-7-13(25)8-6-12/h2-4,9-10,12-13,25H,5-8H2,1H3,(H3,20,21,22,23,24,26). The third-order valence-corrected chi connectivity index (χ3v) is 4.73. The molecule has 0 bridgehead atoms. The molecule has 4 N–H and O–H groups in total. The minimum Gasteiger partial charge on any atom is -0.393 e. The fraction of sp³-hybridized carbons (Fsp3) is 0.389. The monoisotopic (exact) mass is 375 g/mol. The number of carbonyl (C=O) groups excluding carboxylic acids is 1. The molecule has 0 aliphatic heterocycles. The summed E-state index contributed by atoms with van der Waals surface area (Å²) < 4.78 is 0. The molecule has 2 aromatic rings. The number of anilines is 3. The minimum atomic E-state index is -0.424. The molecule has 3 rings (SSSR count). The van der Waals surface area contributed by atoms with Gasteiger partial charge in [-0.05, 0) is 44.2 Å². The number of nitrogens with one attached hydrogen (secondary N) is 3. The summed E-state index contributed by atoms with van der Waals surface area (Å²) in [5, 5.41) is 18.8. The third-order valence-electron chi connectivity index (χ3n) is 4.42. The number of amides is 2. The summed E-state index contributed by atoms with van der Waals surface area (Å²) in [4.78, 5) is 20.5. The molecular formula is C18H22ClN5O2. The number of rotatable bonds is 4. The van der Waals surface area contributed by atoms with Crippen molar-refractivity contribution >= 4 is 35.0 Å². The molecule has 138 valence electrons. The summed E-state index contributed by atoms with van der Waals surface area (Å²) in [6.45, 7) is 1.87. The van der Waals surface area contributed by atoms with Crippen LogP contribution in [0.25, 0.3) is 0 Å². The number of aromatic nitrogens is 2. The van der Waals surface area contributed by atoms with Crippen LogP contribution in [0.4, 0.5) is 22.1 Å². The van der Waals surface area contributed by atoms with Crippen molar-refractivity contribution in [3.05, 3.63) is 41.2 Å². The van der Waals surface area contributed by atoms with E-state index in [2.05, 4.69) is 25.9 Å². The minimum absolute atomic E-state index is 0.201. The van der Waals surface area contributed by atoms with E-state index in [1.807, 2.05) is 19.1 Å². The van der Waals surface area contributed by atoms with Gasteiger partial charge >= 0.3 is 6.03 Å². The zero-order chi connectivity index (χ0) is 18.5. The molecule has 1 saturated carbocycles. The molecule has 1 heterocycles. The Bertz CT molecular complexity index is 758. The second-order valence-corrected chi connectivity index (χ2v) is 6.86. The molecule has 2 amide bonds. The lowest BCUT2D eigenvalue weighted by molar-refractivity contribution is 0.126. The smallest absolute Gasteiger partial charge is 0.324 e. The van der Waals surface area contributed by atoms with Gasteiger partial charge in [0, 0.05) is 12.1 Å². The number of aliphatic hydroxyl groups excluding tert-OH is 1. The molecule has 1 aliphatic rings. The van der Waals surface area contributed by atoms with E-state index < -0.39 is 6.03 Å². The maximum absolute atomic E-state index is 12.2. The Hall–Kier alpha value is -2.38. The topological polar surface area (TPSA) is 99.2 Å². The number of aryl methyl sites for hydroxylation is 1. The van der Waals surface area contributed by atoms with E-state index in [-0.39, 0.29) is 12.1 Å². The maximum Gasteiger partial charge on any atom is 0.324 e. The van der Waals surface area contributed by atoms with Gasteiger partial charge in [-0.15, -0.1) is 0 Å². The fourth-order valence-corrected chi connectivity index (χ4v) is 3.25. The number of halogens is 1. The quantitative estimate of drug-likeness (QED) is 0.651. The lowest BCUT2D eigenvalue weighted by Gasteiger charge is -2.26. The Morgan fingerprint density at radius 3 is 2.62 bits per heavy atom. The predicted molar refractivity (Wildman–Crippen MR) is 103 cm³/mol. The van der Waals surface area contributed by atoms with Gasteiger partial charge in [0.1, 0.15) is 18.0 Å². The zero-order valence-corrected chi connectivity index (χ0v) is 15.3. The second kappa shape index (κ2) is 8.33. The highest BCUT2D eigenvalue weighted by molar-refractivity contribution is 6.34. The van der Waals surface area contributed by atoms with Crippen LogP contribution in [0.1, 0.15) is 31.2 Å². The first-order chi connectivity index (χ1) is 12.5. The molecular weight excluding hydrogens is 354 g/mol. The largest absolute Gasteiger partial charge is 0.393 e. The first kappa shape index (κ1) is 18.4. The average Bonchev–Trinajstić information content (AvgIpc) is 2.61. The second-order valence-electron chi connectivity index (χ2n) is 6.45. The van der Waals surface area contributed by atoms with E-state index >= 15 is 0 Å². The summed E-state index contributed by atoms with van der Waals surface area (Å²) in [7, 11) is 0. The van der Waals surface area contributed by atoms with E-state index in [9.17, 15) is 9.90 Å². The highest BCUT2D eigenvalue weighted by Crippen LogP contribution is 2.25. The number of benzene rings is 1. The van der Waals surface area contributed by atoms with Crippen LogP contribution in [0.15, 0.2) is 30.6 Å². The normalized spacial score (nSPS) is 19.7. The van der Waals surface area contributed by atoms with Crippen LogP contribution in [0.3, 0.4) is 0 Å². The van der Waals surface area contributed by atoms with Crippen molar-refractivity contribution in [3.63, 3.8) is 0 Å². The molecule has 8 heteroatoms. The molecule has 1 aromatic carbocycles. The van der Waals surface area contributed by atoms with E-state index in [1.165, 1.54) is 6.33 Å². The van der Waals surface area contributed by atoms with E-state index in [0.29, 0.717) is 22.3 Å². The molecule has 0 saturated heterocycles. The lowest BCUT2D eigenvalue weighted by Crippen LogP contribution is -2.28. The fourth-order valence-electron chi connectivity index (χ4n) is 2.99. The Morgan fingerprint density at radius 1 is 1.15 bits per heavy atom. The van der Waals surface area contributed by atoms with E-state index in [4.69, 9.17) is 11.6 Å². The summed E-state index contributed by atoms with van der Waals surface area (Å²) >= 11 is 6.12. The van der Waals surface area contributed by atoms with Crippen molar-refractivity contribution in [2.45, 2.75) is 44.8 Å². The van der Waals surface area contributed by atoms with Crippen LogP contribution in [-0.4, -0.2) is 33.3 Å². The SMILES string of the molecule is Cc1cccc(Cl)c1NC(=O)Nc1cc(NC2CCC(O)CC2)ncn1. The first-order valence-corrected chi connectivity index (χ1v) is 8.99. The Kier molecular flexibility index (Phi) is 5.90. The van der Waals surface area contributed by atoms with Crippen molar-refractivity contribution in [1.29, 1.82) is 0 Å². The van der Waals surface area contributed by atoms with Crippen LogP contribution >= 0.6 is 11.6 Å². The Balaban J connectivity index is 1.60. The number of hydrogen-bond acceptors (Lipinski definition) is 5. The third kappa shape index (κ3) is 4.83. The van der Waals surface area contributed by atoms with Gasteiger partial charge in [0.25, 0.3) is 0 Å². The van der Waals surface area contributed by atoms with Gasteiger partial charge in [0.15, 0.2) is 0 Å². The molecule has 26 heavy (non-hydrogen) atoms.